The highest BCUT2D eigenvalue weighted by Crippen LogP contribution is 2.18. The van der Waals surface area contributed by atoms with Crippen molar-refractivity contribution in [3.05, 3.63) is 45.7 Å². The van der Waals surface area contributed by atoms with E-state index in [9.17, 15) is 9.90 Å². The van der Waals surface area contributed by atoms with E-state index in [1.54, 1.807) is 12.1 Å². The Hall–Kier alpha value is -2.01. The summed E-state index contributed by atoms with van der Waals surface area (Å²) in [7, 11) is 0. The SMILES string of the molecule is Cc1ccc(-n2[nH]c(=O)c(CCO)c2O)cc1. The molecule has 0 spiro atoms. The van der Waals surface area contributed by atoms with Gasteiger partial charge in [0.05, 0.1) is 11.3 Å². The molecule has 90 valence electrons. The lowest BCUT2D eigenvalue weighted by atomic mass is 10.2. The molecule has 1 aromatic carbocycles. The fourth-order valence-corrected chi connectivity index (χ4v) is 1.68. The van der Waals surface area contributed by atoms with E-state index in [-0.39, 0.29) is 30.0 Å². The molecule has 0 bridgehead atoms. The molecule has 0 radical (unpaired) electrons. The topological polar surface area (TPSA) is 78.2 Å². The molecule has 0 aliphatic carbocycles. The molecule has 5 heteroatoms. The minimum absolute atomic E-state index is 0.139. The smallest absolute Gasteiger partial charge is 0.271 e. The number of nitrogens with zero attached hydrogens (tertiary/aromatic N) is 1. The number of aliphatic hydroxyl groups excluding tert-OH is 1. The molecule has 0 atom stereocenters. The van der Waals surface area contributed by atoms with E-state index < -0.39 is 0 Å². The maximum absolute atomic E-state index is 11.5. The van der Waals surface area contributed by atoms with Gasteiger partial charge in [-0.25, -0.2) is 4.68 Å². The summed E-state index contributed by atoms with van der Waals surface area (Å²) in [5.41, 5.74) is 1.60. The molecule has 0 aliphatic rings. The van der Waals surface area contributed by atoms with E-state index in [4.69, 9.17) is 5.11 Å². The Morgan fingerprint density at radius 3 is 2.53 bits per heavy atom. The van der Waals surface area contributed by atoms with Gasteiger partial charge in [0.1, 0.15) is 0 Å². The second-order valence-corrected chi connectivity index (χ2v) is 3.89. The van der Waals surface area contributed by atoms with E-state index in [1.165, 1.54) is 4.68 Å². The maximum Gasteiger partial charge on any atom is 0.271 e. The number of aryl methyl sites for hydroxylation is 1. The molecule has 2 rings (SSSR count). The van der Waals surface area contributed by atoms with Crippen LogP contribution in [0.3, 0.4) is 0 Å². The first-order valence-electron chi connectivity index (χ1n) is 5.34. The number of aliphatic hydroxyl groups is 1. The van der Waals surface area contributed by atoms with Gasteiger partial charge in [0.15, 0.2) is 0 Å². The molecule has 0 saturated carbocycles. The van der Waals surface area contributed by atoms with Crippen LogP contribution in [0.25, 0.3) is 5.69 Å². The van der Waals surface area contributed by atoms with Crippen molar-refractivity contribution in [2.45, 2.75) is 13.3 Å². The van der Waals surface area contributed by atoms with Crippen LogP contribution < -0.4 is 5.56 Å². The van der Waals surface area contributed by atoms with Crippen LogP contribution in [0.4, 0.5) is 0 Å². The Kier molecular flexibility index (Phi) is 3.01. The van der Waals surface area contributed by atoms with Gasteiger partial charge < -0.3 is 10.2 Å². The van der Waals surface area contributed by atoms with E-state index in [1.807, 2.05) is 19.1 Å². The summed E-state index contributed by atoms with van der Waals surface area (Å²) >= 11 is 0. The number of rotatable bonds is 3. The van der Waals surface area contributed by atoms with Gasteiger partial charge in [-0.05, 0) is 19.1 Å². The first kappa shape index (κ1) is 11.5. The highest BCUT2D eigenvalue weighted by molar-refractivity contribution is 5.39. The fraction of sp³-hybridized carbons (Fsp3) is 0.250. The van der Waals surface area contributed by atoms with E-state index in [0.717, 1.165) is 5.56 Å². The van der Waals surface area contributed by atoms with Gasteiger partial charge in [0.2, 0.25) is 5.88 Å². The van der Waals surface area contributed by atoms with Crippen LogP contribution in [0.15, 0.2) is 29.1 Å². The summed E-state index contributed by atoms with van der Waals surface area (Å²) in [4.78, 5) is 11.5. The normalized spacial score (nSPS) is 10.7. The number of benzene rings is 1. The lowest BCUT2D eigenvalue weighted by Crippen LogP contribution is -2.08. The Bertz CT molecular complexity index is 566. The molecule has 5 nitrogen and oxygen atoms in total. The van der Waals surface area contributed by atoms with Crippen LogP contribution in [0.5, 0.6) is 5.88 Å². The van der Waals surface area contributed by atoms with Crippen molar-refractivity contribution in [1.29, 1.82) is 0 Å². The summed E-state index contributed by atoms with van der Waals surface area (Å²) in [6.07, 6.45) is 0.139. The molecular formula is C12H14N2O3. The average Bonchev–Trinajstić information content (AvgIpc) is 2.59. The molecule has 0 amide bonds. The lowest BCUT2D eigenvalue weighted by Gasteiger charge is -2.04. The molecule has 0 saturated heterocycles. The first-order chi connectivity index (χ1) is 8.13. The molecule has 3 N–H and O–H groups in total. The van der Waals surface area contributed by atoms with Gasteiger partial charge in [-0.3, -0.25) is 9.89 Å². The van der Waals surface area contributed by atoms with Crippen molar-refractivity contribution < 1.29 is 10.2 Å². The maximum atomic E-state index is 11.5. The van der Waals surface area contributed by atoms with E-state index in [2.05, 4.69) is 5.10 Å². The van der Waals surface area contributed by atoms with Gasteiger partial charge in [-0.1, -0.05) is 17.7 Å². The summed E-state index contributed by atoms with van der Waals surface area (Å²) in [5, 5.41) is 21.2. The summed E-state index contributed by atoms with van der Waals surface area (Å²) in [6.45, 7) is 1.79. The van der Waals surface area contributed by atoms with E-state index in [0.29, 0.717) is 5.69 Å². The quantitative estimate of drug-likeness (QED) is 0.732. The van der Waals surface area contributed by atoms with Crippen LogP contribution in [-0.4, -0.2) is 26.6 Å². The number of H-pyrrole nitrogens is 1. The number of aromatic amines is 1. The van der Waals surface area contributed by atoms with Crippen molar-refractivity contribution in [3.63, 3.8) is 0 Å². The van der Waals surface area contributed by atoms with Gasteiger partial charge in [0, 0.05) is 13.0 Å². The van der Waals surface area contributed by atoms with Crippen LogP contribution in [0.2, 0.25) is 0 Å². The third-order valence-corrected chi connectivity index (χ3v) is 2.62. The van der Waals surface area contributed by atoms with Crippen molar-refractivity contribution in [2.75, 3.05) is 6.61 Å². The highest BCUT2D eigenvalue weighted by Gasteiger charge is 2.14. The zero-order valence-electron chi connectivity index (χ0n) is 9.47. The van der Waals surface area contributed by atoms with Crippen molar-refractivity contribution in [2.24, 2.45) is 0 Å². The number of aromatic hydroxyl groups is 1. The highest BCUT2D eigenvalue weighted by atomic mass is 16.3. The molecule has 1 heterocycles. The molecule has 17 heavy (non-hydrogen) atoms. The first-order valence-corrected chi connectivity index (χ1v) is 5.34. The summed E-state index contributed by atoms with van der Waals surface area (Å²) in [5.74, 6) is -0.145. The number of hydrogen-bond acceptors (Lipinski definition) is 3. The van der Waals surface area contributed by atoms with Crippen LogP contribution in [-0.2, 0) is 6.42 Å². The largest absolute Gasteiger partial charge is 0.493 e. The number of aromatic nitrogens is 2. The monoisotopic (exact) mass is 234 g/mol. The molecule has 1 aromatic heterocycles. The van der Waals surface area contributed by atoms with Gasteiger partial charge in [0.25, 0.3) is 5.56 Å². The molecule has 0 aliphatic heterocycles. The number of hydrogen-bond donors (Lipinski definition) is 3. The number of nitrogens with one attached hydrogen (secondary N) is 1. The minimum Gasteiger partial charge on any atom is -0.493 e. The van der Waals surface area contributed by atoms with Crippen LogP contribution >= 0.6 is 0 Å². The van der Waals surface area contributed by atoms with Crippen molar-refractivity contribution in [1.82, 2.24) is 9.78 Å². The van der Waals surface area contributed by atoms with Gasteiger partial charge >= 0.3 is 0 Å². The summed E-state index contributed by atoms with van der Waals surface area (Å²) in [6, 6.07) is 7.37. The fourth-order valence-electron chi connectivity index (χ4n) is 1.68. The predicted molar refractivity (Wildman–Crippen MR) is 63.6 cm³/mol. The van der Waals surface area contributed by atoms with Gasteiger partial charge in [-0.2, -0.15) is 0 Å². The zero-order chi connectivity index (χ0) is 12.4. The van der Waals surface area contributed by atoms with E-state index >= 15 is 0 Å². The Labute approximate surface area is 97.9 Å². The van der Waals surface area contributed by atoms with Crippen LogP contribution in [0.1, 0.15) is 11.1 Å². The minimum atomic E-state index is -0.378. The Morgan fingerprint density at radius 1 is 1.29 bits per heavy atom. The predicted octanol–water partition coefficient (Wildman–Crippen LogP) is 0.714. The zero-order valence-corrected chi connectivity index (χ0v) is 9.47. The van der Waals surface area contributed by atoms with Crippen molar-refractivity contribution >= 4 is 0 Å². The molecule has 0 fully saturated rings. The summed E-state index contributed by atoms with van der Waals surface area (Å²) < 4.78 is 1.31. The van der Waals surface area contributed by atoms with Crippen LogP contribution in [0, 0.1) is 6.92 Å². The van der Waals surface area contributed by atoms with Crippen molar-refractivity contribution in [3.8, 4) is 11.6 Å². The standard InChI is InChI=1S/C12H14N2O3/c1-8-2-4-9(5-3-8)14-12(17)10(6-7-15)11(16)13-14/h2-5,15,17H,6-7H2,1H3,(H,13,16). The Balaban J connectivity index is 2.50. The lowest BCUT2D eigenvalue weighted by molar-refractivity contribution is 0.296. The average molecular weight is 234 g/mol. The Morgan fingerprint density at radius 2 is 1.94 bits per heavy atom. The molecule has 0 unspecified atom stereocenters. The third kappa shape index (κ3) is 2.09. The molecular weight excluding hydrogens is 220 g/mol. The second-order valence-electron chi connectivity index (χ2n) is 3.89. The van der Waals surface area contributed by atoms with Gasteiger partial charge in [-0.15, -0.1) is 0 Å². The molecule has 2 aromatic rings. The second kappa shape index (κ2) is 4.47. The third-order valence-electron chi connectivity index (χ3n) is 2.62.